The Kier molecular flexibility index (Phi) is 3.61. The summed E-state index contributed by atoms with van der Waals surface area (Å²) in [6.45, 7) is 10.9. The van der Waals surface area contributed by atoms with Gasteiger partial charge in [0.25, 0.3) is 0 Å². The Morgan fingerprint density at radius 3 is 2.79 bits per heavy atom. The van der Waals surface area contributed by atoms with Crippen molar-refractivity contribution in [1.29, 1.82) is 5.26 Å². The van der Waals surface area contributed by atoms with Gasteiger partial charge in [-0.3, -0.25) is 0 Å². The van der Waals surface area contributed by atoms with Gasteiger partial charge in [0.05, 0.1) is 5.56 Å². The number of anilines is 1. The average Bonchev–Trinajstić information content (AvgIpc) is 2.79. The highest BCUT2D eigenvalue weighted by atomic mass is 15.2. The smallest absolute Gasteiger partial charge is 0.147 e. The molecule has 0 aliphatic heterocycles. The van der Waals surface area contributed by atoms with Crippen molar-refractivity contribution < 1.29 is 0 Å². The molecule has 3 nitrogen and oxygen atoms in total. The predicted octanol–water partition coefficient (Wildman–Crippen LogP) is 3.23. The Morgan fingerprint density at radius 2 is 2.21 bits per heavy atom. The van der Waals surface area contributed by atoms with Gasteiger partial charge in [0.15, 0.2) is 0 Å². The van der Waals surface area contributed by atoms with E-state index in [0.717, 1.165) is 30.8 Å². The summed E-state index contributed by atoms with van der Waals surface area (Å²) in [6, 6.07) is 4.32. The lowest BCUT2D eigenvalue weighted by Gasteiger charge is -2.36. The second-order valence-electron chi connectivity index (χ2n) is 6.00. The molecule has 3 heteroatoms. The van der Waals surface area contributed by atoms with Gasteiger partial charge in [0.2, 0.25) is 0 Å². The lowest BCUT2D eigenvalue weighted by atomic mass is 10.0. The molecular weight excluding hydrogens is 234 g/mol. The molecule has 0 bridgehead atoms. The molecule has 1 aliphatic rings. The van der Waals surface area contributed by atoms with Crippen LogP contribution < -0.4 is 4.90 Å². The first-order valence-electron chi connectivity index (χ1n) is 6.79. The van der Waals surface area contributed by atoms with E-state index >= 15 is 0 Å². The second kappa shape index (κ2) is 5.05. The molecule has 0 radical (unpaired) electrons. The third kappa shape index (κ3) is 2.63. The van der Waals surface area contributed by atoms with Gasteiger partial charge in [-0.2, -0.15) is 5.26 Å². The normalized spacial score (nSPS) is 13.8. The second-order valence-corrected chi connectivity index (χ2v) is 6.00. The Bertz CT molecular complexity index is 532. The molecule has 1 aromatic heterocycles. The molecule has 0 saturated heterocycles. The van der Waals surface area contributed by atoms with E-state index in [1.54, 1.807) is 0 Å². The highest BCUT2D eigenvalue weighted by Crippen LogP contribution is 2.30. The summed E-state index contributed by atoms with van der Waals surface area (Å²) in [4.78, 5) is 6.92. The van der Waals surface area contributed by atoms with E-state index in [2.05, 4.69) is 38.3 Å². The van der Waals surface area contributed by atoms with Crippen LogP contribution in [0.1, 0.15) is 44.0 Å². The van der Waals surface area contributed by atoms with Crippen LogP contribution in [-0.4, -0.2) is 17.1 Å². The molecule has 1 heterocycles. The molecule has 100 valence electrons. The van der Waals surface area contributed by atoms with Gasteiger partial charge >= 0.3 is 0 Å². The number of aryl methyl sites for hydroxylation is 2. The summed E-state index contributed by atoms with van der Waals surface area (Å²) >= 11 is 0. The third-order valence-electron chi connectivity index (χ3n) is 3.53. The van der Waals surface area contributed by atoms with Crippen LogP contribution in [0.25, 0.3) is 0 Å². The lowest BCUT2D eigenvalue weighted by molar-refractivity contribution is 0.516. The van der Waals surface area contributed by atoms with Crippen LogP contribution in [0.2, 0.25) is 0 Å². The summed E-state index contributed by atoms with van der Waals surface area (Å²) in [5.41, 5.74) is 3.00. The van der Waals surface area contributed by atoms with Crippen LogP contribution in [-0.2, 0) is 12.8 Å². The number of hydrogen-bond donors (Lipinski definition) is 0. The quantitative estimate of drug-likeness (QED) is 0.778. The molecule has 0 unspecified atom stereocenters. The molecule has 0 N–H and O–H groups in total. The number of rotatable bonds is 3. The number of nitriles is 1. The van der Waals surface area contributed by atoms with Crippen molar-refractivity contribution in [2.45, 2.75) is 45.6 Å². The minimum Gasteiger partial charge on any atom is -0.347 e. The van der Waals surface area contributed by atoms with Crippen LogP contribution in [0.3, 0.4) is 0 Å². The van der Waals surface area contributed by atoms with Crippen molar-refractivity contribution >= 4 is 5.82 Å². The number of fused-ring (bicyclic) bond motifs is 1. The van der Waals surface area contributed by atoms with Crippen LogP contribution in [0.4, 0.5) is 5.82 Å². The SMILES string of the molecule is C=CCN(c1nc2c(cc1C#N)CCC2)C(C)(C)C. The summed E-state index contributed by atoms with van der Waals surface area (Å²) in [5, 5.41) is 9.39. The lowest BCUT2D eigenvalue weighted by Crippen LogP contribution is -2.42. The van der Waals surface area contributed by atoms with Crippen molar-refractivity contribution in [3.63, 3.8) is 0 Å². The first-order valence-corrected chi connectivity index (χ1v) is 6.79. The monoisotopic (exact) mass is 255 g/mol. The van der Waals surface area contributed by atoms with Gasteiger partial charge in [-0.25, -0.2) is 4.98 Å². The van der Waals surface area contributed by atoms with Crippen molar-refractivity contribution in [2.75, 3.05) is 11.4 Å². The number of nitrogens with zero attached hydrogens (tertiary/aromatic N) is 3. The Morgan fingerprint density at radius 1 is 1.47 bits per heavy atom. The summed E-state index contributed by atoms with van der Waals surface area (Å²) in [5.74, 6) is 0.801. The van der Waals surface area contributed by atoms with Crippen LogP contribution >= 0.6 is 0 Å². The Balaban J connectivity index is 2.53. The number of hydrogen-bond acceptors (Lipinski definition) is 3. The van der Waals surface area contributed by atoms with E-state index in [1.807, 2.05) is 12.1 Å². The first-order chi connectivity index (χ1) is 8.97. The Labute approximate surface area is 115 Å². The summed E-state index contributed by atoms with van der Waals surface area (Å²) in [6.07, 6.45) is 5.09. The van der Waals surface area contributed by atoms with E-state index in [0.29, 0.717) is 12.1 Å². The van der Waals surface area contributed by atoms with E-state index in [9.17, 15) is 5.26 Å². The first kappa shape index (κ1) is 13.6. The number of pyridine rings is 1. The van der Waals surface area contributed by atoms with Crippen molar-refractivity contribution in [1.82, 2.24) is 4.98 Å². The maximum atomic E-state index is 9.39. The largest absolute Gasteiger partial charge is 0.347 e. The Hall–Kier alpha value is -1.82. The van der Waals surface area contributed by atoms with E-state index in [4.69, 9.17) is 4.98 Å². The molecule has 19 heavy (non-hydrogen) atoms. The fourth-order valence-corrected chi connectivity index (χ4v) is 2.56. The van der Waals surface area contributed by atoms with Gasteiger partial charge in [0, 0.05) is 17.8 Å². The molecule has 1 aromatic rings. The average molecular weight is 255 g/mol. The number of aromatic nitrogens is 1. The third-order valence-corrected chi connectivity index (χ3v) is 3.53. The minimum absolute atomic E-state index is 0.0837. The van der Waals surface area contributed by atoms with Gasteiger partial charge in [-0.05, 0) is 51.7 Å². The molecule has 1 aliphatic carbocycles. The molecule has 0 fully saturated rings. The fraction of sp³-hybridized carbons (Fsp3) is 0.500. The van der Waals surface area contributed by atoms with Crippen LogP contribution in [0, 0.1) is 11.3 Å². The molecule has 0 atom stereocenters. The van der Waals surface area contributed by atoms with E-state index in [-0.39, 0.29) is 5.54 Å². The van der Waals surface area contributed by atoms with Gasteiger partial charge in [0.1, 0.15) is 11.9 Å². The summed E-state index contributed by atoms with van der Waals surface area (Å²) in [7, 11) is 0. The zero-order valence-corrected chi connectivity index (χ0v) is 12.0. The zero-order valence-electron chi connectivity index (χ0n) is 12.0. The van der Waals surface area contributed by atoms with Crippen LogP contribution in [0.15, 0.2) is 18.7 Å². The van der Waals surface area contributed by atoms with E-state index < -0.39 is 0 Å². The molecular formula is C16H21N3. The predicted molar refractivity (Wildman–Crippen MR) is 78.3 cm³/mol. The van der Waals surface area contributed by atoms with E-state index in [1.165, 1.54) is 5.56 Å². The highest BCUT2D eigenvalue weighted by molar-refractivity contribution is 5.58. The molecule has 2 rings (SSSR count). The van der Waals surface area contributed by atoms with Gasteiger partial charge < -0.3 is 4.90 Å². The van der Waals surface area contributed by atoms with Gasteiger partial charge in [-0.15, -0.1) is 6.58 Å². The zero-order chi connectivity index (χ0) is 14.0. The minimum atomic E-state index is -0.0837. The fourth-order valence-electron chi connectivity index (χ4n) is 2.56. The molecule has 0 saturated carbocycles. The van der Waals surface area contributed by atoms with Crippen molar-refractivity contribution in [3.05, 3.63) is 35.5 Å². The van der Waals surface area contributed by atoms with Gasteiger partial charge in [-0.1, -0.05) is 6.08 Å². The topological polar surface area (TPSA) is 39.9 Å². The van der Waals surface area contributed by atoms with Crippen LogP contribution in [0.5, 0.6) is 0 Å². The maximum Gasteiger partial charge on any atom is 0.147 e. The molecule has 0 amide bonds. The molecule has 0 spiro atoms. The summed E-state index contributed by atoms with van der Waals surface area (Å²) < 4.78 is 0. The van der Waals surface area contributed by atoms with Crippen molar-refractivity contribution in [3.8, 4) is 6.07 Å². The standard InChI is InChI=1S/C16H21N3/c1-5-9-19(16(2,3)4)15-13(11-17)10-12-7-6-8-14(12)18-15/h5,10H,1,6-9H2,2-4H3. The molecule has 0 aromatic carbocycles. The van der Waals surface area contributed by atoms with Crippen molar-refractivity contribution in [2.24, 2.45) is 0 Å². The highest BCUT2D eigenvalue weighted by Gasteiger charge is 2.26. The maximum absolute atomic E-state index is 9.39.